The SMILES string of the molecule is CCC12CC3CC(O)(C1)CC(C(=O)N1CCC(N4CCSCC4)CC1)(C3)C2. The van der Waals surface area contributed by atoms with Crippen LogP contribution in [0.4, 0.5) is 0 Å². The fourth-order valence-electron chi connectivity index (χ4n) is 7.93. The van der Waals surface area contributed by atoms with Gasteiger partial charge >= 0.3 is 0 Å². The van der Waals surface area contributed by atoms with Crippen LogP contribution < -0.4 is 0 Å². The summed E-state index contributed by atoms with van der Waals surface area (Å²) < 4.78 is 0. The Balaban J connectivity index is 1.29. The molecule has 4 unspecified atom stereocenters. The fourth-order valence-corrected chi connectivity index (χ4v) is 8.86. The Morgan fingerprint density at radius 1 is 1.04 bits per heavy atom. The molecule has 4 aliphatic carbocycles. The molecule has 2 saturated heterocycles. The maximum Gasteiger partial charge on any atom is 0.228 e. The Morgan fingerprint density at radius 3 is 2.44 bits per heavy atom. The number of carbonyl (C=O) groups is 1. The second-order valence-electron chi connectivity index (χ2n) is 10.5. The number of aliphatic hydroxyl groups is 1. The third-order valence-electron chi connectivity index (χ3n) is 8.67. The van der Waals surface area contributed by atoms with Crippen LogP contribution in [0.2, 0.25) is 0 Å². The monoisotopic (exact) mass is 392 g/mol. The Labute approximate surface area is 168 Å². The first kappa shape index (κ1) is 18.7. The largest absolute Gasteiger partial charge is 0.390 e. The number of piperidine rings is 1. The highest BCUT2D eigenvalue weighted by Gasteiger charge is 2.65. The number of hydrogen-bond donors (Lipinski definition) is 1. The third kappa shape index (κ3) is 3.16. The van der Waals surface area contributed by atoms with E-state index in [-0.39, 0.29) is 10.8 Å². The summed E-state index contributed by atoms with van der Waals surface area (Å²) in [4.78, 5) is 18.6. The highest BCUT2D eigenvalue weighted by molar-refractivity contribution is 7.99. The number of nitrogens with zero attached hydrogens (tertiary/aromatic N) is 2. The van der Waals surface area contributed by atoms with Crippen molar-refractivity contribution in [3.05, 3.63) is 0 Å². The van der Waals surface area contributed by atoms with Crippen LogP contribution in [0.3, 0.4) is 0 Å². The summed E-state index contributed by atoms with van der Waals surface area (Å²) in [5, 5.41) is 11.2. The molecule has 0 spiro atoms. The molecule has 0 aromatic heterocycles. The molecule has 4 bridgehead atoms. The third-order valence-corrected chi connectivity index (χ3v) is 9.61. The topological polar surface area (TPSA) is 43.8 Å². The Bertz CT molecular complexity index is 601. The quantitative estimate of drug-likeness (QED) is 0.801. The van der Waals surface area contributed by atoms with Crippen molar-refractivity contribution in [2.45, 2.75) is 76.4 Å². The minimum Gasteiger partial charge on any atom is -0.390 e. The molecule has 0 aromatic carbocycles. The zero-order valence-corrected chi connectivity index (χ0v) is 17.7. The molecule has 152 valence electrons. The summed E-state index contributed by atoms with van der Waals surface area (Å²) in [6.07, 6.45) is 9.34. The van der Waals surface area contributed by atoms with Gasteiger partial charge in [-0.3, -0.25) is 9.69 Å². The molecule has 6 rings (SSSR count). The average molecular weight is 393 g/mol. The van der Waals surface area contributed by atoms with Crippen molar-refractivity contribution < 1.29 is 9.90 Å². The number of carbonyl (C=O) groups excluding carboxylic acids is 1. The zero-order valence-electron chi connectivity index (χ0n) is 16.9. The number of likely N-dealkylation sites (tertiary alicyclic amines) is 1. The van der Waals surface area contributed by atoms with Crippen LogP contribution in [-0.4, -0.2) is 70.1 Å². The van der Waals surface area contributed by atoms with Gasteiger partial charge in [-0.15, -0.1) is 0 Å². The minimum absolute atomic E-state index is 0.230. The lowest BCUT2D eigenvalue weighted by molar-refractivity contribution is -0.210. The first-order valence-corrected chi connectivity index (χ1v) is 12.4. The number of thioether (sulfide) groups is 1. The van der Waals surface area contributed by atoms with Crippen molar-refractivity contribution >= 4 is 17.7 Å². The number of amides is 1. The van der Waals surface area contributed by atoms with E-state index in [4.69, 9.17) is 0 Å². The van der Waals surface area contributed by atoms with E-state index in [2.05, 4.69) is 28.5 Å². The van der Waals surface area contributed by atoms with E-state index in [0.717, 1.165) is 64.5 Å². The molecule has 6 fully saturated rings. The molecule has 0 aromatic rings. The lowest BCUT2D eigenvalue weighted by Gasteiger charge is -2.65. The van der Waals surface area contributed by atoms with Crippen LogP contribution in [0, 0.1) is 16.7 Å². The Kier molecular flexibility index (Phi) is 4.61. The number of hydrogen-bond acceptors (Lipinski definition) is 4. The molecule has 27 heavy (non-hydrogen) atoms. The van der Waals surface area contributed by atoms with Gasteiger partial charge in [0.25, 0.3) is 0 Å². The van der Waals surface area contributed by atoms with Gasteiger partial charge < -0.3 is 10.0 Å². The minimum atomic E-state index is -0.561. The first-order chi connectivity index (χ1) is 12.9. The van der Waals surface area contributed by atoms with Crippen LogP contribution >= 0.6 is 11.8 Å². The zero-order chi connectivity index (χ0) is 18.7. The van der Waals surface area contributed by atoms with Gasteiger partial charge in [0.1, 0.15) is 0 Å². The average Bonchev–Trinajstić information content (AvgIpc) is 2.66. The molecule has 1 amide bonds. The van der Waals surface area contributed by atoms with E-state index in [1.807, 2.05) is 0 Å². The predicted molar refractivity (Wildman–Crippen MR) is 110 cm³/mol. The summed E-state index contributed by atoms with van der Waals surface area (Å²) in [6.45, 7) is 6.58. The van der Waals surface area contributed by atoms with Gasteiger partial charge in [-0.05, 0) is 62.7 Å². The van der Waals surface area contributed by atoms with Crippen LogP contribution in [0.1, 0.15) is 64.7 Å². The van der Waals surface area contributed by atoms with E-state index < -0.39 is 5.60 Å². The molecule has 6 aliphatic rings. The summed E-state index contributed by atoms with van der Waals surface area (Å²) in [6, 6.07) is 0.678. The van der Waals surface area contributed by atoms with Gasteiger partial charge in [0.05, 0.1) is 11.0 Å². The second kappa shape index (κ2) is 6.63. The highest BCUT2D eigenvalue weighted by Crippen LogP contribution is 2.68. The lowest BCUT2D eigenvalue weighted by atomic mass is 9.42. The van der Waals surface area contributed by atoms with Gasteiger partial charge in [0.2, 0.25) is 5.91 Å². The van der Waals surface area contributed by atoms with Gasteiger partial charge in [0, 0.05) is 43.7 Å². The van der Waals surface area contributed by atoms with E-state index in [1.54, 1.807) is 0 Å². The van der Waals surface area contributed by atoms with Crippen molar-refractivity contribution in [2.75, 3.05) is 37.7 Å². The Morgan fingerprint density at radius 2 is 1.78 bits per heavy atom. The summed E-state index contributed by atoms with van der Waals surface area (Å²) in [7, 11) is 0. The van der Waals surface area contributed by atoms with Crippen LogP contribution in [-0.2, 0) is 4.79 Å². The standard InChI is InChI=1S/C22H36N2O2S/c1-2-20-11-17-12-21(14-20,16-22(26,13-17)15-20)19(25)24-5-3-18(4-6-24)23-7-9-27-10-8-23/h17-18,26H,2-16H2,1H3. The predicted octanol–water partition coefficient (Wildman–Crippen LogP) is 3.14. The maximum atomic E-state index is 13.7. The highest BCUT2D eigenvalue weighted by atomic mass is 32.2. The van der Waals surface area contributed by atoms with Crippen LogP contribution in [0.5, 0.6) is 0 Å². The Hall–Kier alpha value is -0.260. The molecule has 5 heteroatoms. The summed E-state index contributed by atoms with van der Waals surface area (Å²) in [5.74, 6) is 3.50. The molecule has 2 heterocycles. The molecule has 4 atom stereocenters. The number of rotatable bonds is 3. The van der Waals surface area contributed by atoms with E-state index >= 15 is 0 Å². The molecule has 4 nitrogen and oxygen atoms in total. The van der Waals surface area contributed by atoms with Crippen LogP contribution in [0.15, 0.2) is 0 Å². The molecular weight excluding hydrogens is 356 g/mol. The maximum absolute atomic E-state index is 13.7. The van der Waals surface area contributed by atoms with E-state index in [1.165, 1.54) is 31.0 Å². The fraction of sp³-hybridized carbons (Fsp3) is 0.955. The van der Waals surface area contributed by atoms with Gasteiger partial charge in [-0.2, -0.15) is 11.8 Å². The molecule has 0 radical (unpaired) electrons. The van der Waals surface area contributed by atoms with Crippen molar-refractivity contribution in [3.63, 3.8) is 0 Å². The molecular formula is C22H36N2O2S. The summed E-state index contributed by atoms with van der Waals surface area (Å²) in [5.41, 5.74) is -0.582. The lowest BCUT2D eigenvalue weighted by Crippen LogP contribution is -2.64. The van der Waals surface area contributed by atoms with Crippen molar-refractivity contribution in [1.82, 2.24) is 9.80 Å². The van der Waals surface area contributed by atoms with Crippen molar-refractivity contribution in [2.24, 2.45) is 16.7 Å². The van der Waals surface area contributed by atoms with Crippen LogP contribution in [0.25, 0.3) is 0 Å². The van der Waals surface area contributed by atoms with Crippen molar-refractivity contribution in [3.8, 4) is 0 Å². The van der Waals surface area contributed by atoms with Gasteiger partial charge in [0.15, 0.2) is 0 Å². The molecule has 2 aliphatic heterocycles. The van der Waals surface area contributed by atoms with Gasteiger partial charge in [-0.1, -0.05) is 13.3 Å². The smallest absolute Gasteiger partial charge is 0.228 e. The van der Waals surface area contributed by atoms with E-state index in [9.17, 15) is 9.90 Å². The second-order valence-corrected chi connectivity index (χ2v) is 11.8. The first-order valence-electron chi connectivity index (χ1n) is 11.3. The normalized spacial score (nSPS) is 45.4. The van der Waals surface area contributed by atoms with Gasteiger partial charge in [-0.25, -0.2) is 0 Å². The molecule has 1 N–H and O–H groups in total. The van der Waals surface area contributed by atoms with Crippen molar-refractivity contribution in [1.29, 1.82) is 0 Å². The van der Waals surface area contributed by atoms with E-state index in [0.29, 0.717) is 17.9 Å². The summed E-state index contributed by atoms with van der Waals surface area (Å²) >= 11 is 2.07. The molecule has 4 saturated carbocycles.